The Labute approximate surface area is 189 Å². The molecule has 2 heterocycles. The Morgan fingerprint density at radius 1 is 1.12 bits per heavy atom. The maximum atomic E-state index is 12.7. The third-order valence-electron chi connectivity index (χ3n) is 6.21. The molecule has 1 N–H and O–H groups in total. The summed E-state index contributed by atoms with van der Waals surface area (Å²) in [5, 5.41) is 2.90. The highest BCUT2D eigenvalue weighted by Gasteiger charge is 2.27. The fourth-order valence-electron chi connectivity index (χ4n) is 4.12. The molecule has 32 heavy (non-hydrogen) atoms. The van der Waals surface area contributed by atoms with Crippen LogP contribution in [0.3, 0.4) is 0 Å². The van der Waals surface area contributed by atoms with Crippen LogP contribution in [0.4, 0.5) is 5.69 Å². The van der Waals surface area contributed by atoms with Gasteiger partial charge < -0.3 is 10.1 Å². The van der Waals surface area contributed by atoms with Crippen LogP contribution in [0.5, 0.6) is 5.75 Å². The summed E-state index contributed by atoms with van der Waals surface area (Å²) >= 11 is 0. The summed E-state index contributed by atoms with van der Waals surface area (Å²) < 4.78 is 5.15. The first-order chi connectivity index (χ1) is 15.4. The van der Waals surface area contributed by atoms with Crippen molar-refractivity contribution in [3.05, 3.63) is 82.4 Å². The number of anilines is 1. The minimum absolute atomic E-state index is 0.206. The van der Waals surface area contributed by atoms with Gasteiger partial charge in [-0.25, -0.2) is 9.97 Å². The summed E-state index contributed by atoms with van der Waals surface area (Å²) in [5.41, 5.74) is 5.91. The number of hydrogen-bond donors (Lipinski definition) is 1. The Kier molecular flexibility index (Phi) is 6.51. The molecule has 0 radical (unpaired) electrons. The van der Waals surface area contributed by atoms with Gasteiger partial charge in [0.1, 0.15) is 11.6 Å². The molecule has 1 atom stereocenters. The molecule has 0 aliphatic carbocycles. The molecular formula is C26H30N4O2. The Balaban J connectivity index is 1.39. The Morgan fingerprint density at radius 3 is 2.59 bits per heavy atom. The third kappa shape index (κ3) is 4.97. The lowest BCUT2D eigenvalue weighted by Crippen LogP contribution is -2.21. The van der Waals surface area contributed by atoms with E-state index in [2.05, 4.69) is 47.2 Å². The highest BCUT2D eigenvalue weighted by Crippen LogP contribution is 2.27. The Hall–Kier alpha value is -3.25. The van der Waals surface area contributed by atoms with Gasteiger partial charge in [-0.05, 0) is 74.7 Å². The number of aryl methyl sites for hydroxylation is 3. The number of likely N-dealkylation sites (tertiary alicyclic amines) is 1. The van der Waals surface area contributed by atoms with Crippen LogP contribution in [0.2, 0.25) is 0 Å². The molecule has 2 aromatic carbocycles. The van der Waals surface area contributed by atoms with Gasteiger partial charge in [-0.2, -0.15) is 0 Å². The fraction of sp³-hybridized carbons (Fsp3) is 0.346. The van der Waals surface area contributed by atoms with E-state index in [1.807, 2.05) is 31.2 Å². The fourth-order valence-corrected chi connectivity index (χ4v) is 4.12. The maximum absolute atomic E-state index is 12.7. The van der Waals surface area contributed by atoms with Crippen molar-refractivity contribution in [2.24, 2.45) is 0 Å². The van der Waals surface area contributed by atoms with Crippen LogP contribution in [0.15, 0.2) is 48.7 Å². The molecule has 1 unspecified atom stereocenters. The third-order valence-corrected chi connectivity index (χ3v) is 6.21. The zero-order valence-electron chi connectivity index (χ0n) is 19.2. The van der Waals surface area contributed by atoms with Gasteiger partial charge >= 0.3 is 0 Å². The summed E-state index contributed by atoms with van der Waals surface area (Å²) in [6.07, 6.45) is 2.68. The summed E-state index contributed by atoms with van der Waals surface area (Å²) in [7, 11) is 1.61. The van der Waals surface area contributed by atoms with Gasteiger partial charge in [-0.1, -0.05) is 18.2 Å². The highest BCUT2D eigenvalue weighted by molar-refractivity contribution is 6.04. The smallest absolute Gasteiger partial charge is 0.259 e. The van der Waals surface area contributed by atoms with E-state index in [0.29, 0.717) is 22.9 Å². The number of carbonyl (C=O) groups excluding carboxylic acids is 1. The SMILES string of the molecule is COc1ccc(NC(=O)c2cnc(C3CCN(Cc4ccc(C)c(C)c4)C3)nc2C)cc1. The van der Waals surface area contributed by atoms with Gasteiger partial charge in [0, 0.05) is 30.9 Å². The van der Waals surface area contributed by atoms with Crippen LogP contribution in [-0.2, 0) is 6.54 Å². The summed E-state index contributed by atoms with van der Waals surface area (Å²) in [6.45, 7) is 9.08. The van der Waals surface area contributed by atoms with Crippen molar-refractivity contribution in [3.8, 4) is 5.75 Å². The minimum atomic E-state index is -0.206. The first-order valence-corrected chi connectivity index (χ1v) is 11.0. The zero-order valence-corrected chi connectivity index (χ0v) is 19.2. The van der Waals surface area contributed by atoms with Gasteiger partial charge in [-0.3, -0.25) is 9.69 Å². The molecule has 166 valence electrons. The number of aromatic nitrogens is 2. The molecule has 1 saturated heterocycles. The molecule has 0 bridgehead atoms. The number of rotatable bonds is 6. The van der Waals surface area contributed by atoms with Crippen LogP contribution in [0.25, 0.3) is 0 Å². The molecular weight excluding hydrogens is 400 g/mol. The van der Waals surface area contributed by atoms with Gasteiger partial charge in [0.15, 0.2) is 0 Å². The number of nitrogens with one attached hydrogen (secondary N) is 1. The highest BCUT2D eigenvalue weighted by atomic mass is 16.5. The van der Waals surface area contributed by atoms with Crippen molar-refractivity contribution in [3.63, 3.8) is 0 Å². The largest absolute Gasteiger partial charge is 0.497 e. The molecule has 1 aromatic heterocycles. The van der Waals surface area contributed by atoms with Gasteiger partial charge in [0.2, 0.25) is 0 Å². The summed E-state index contributed by atoms with van der Waals surface area (Å²) in [4.78, 5) is 24.4. The lowest BCUT2D eigenvalue weighted by atomic mass is 10.1. The molecule has 6 heteroatoms. The predicted molar refractivity (Wildman–Crippen MR) is 126 cm³/mol. The van der Waals surface area contributed by atoms with Crippen molar-refractivity contribution in [1.29, 1.82) is 0 Å². The Morgan fingerprint density at radius 2 is 1.91 bits per heavy atom. The van der Waals surface area contributed by atoms with E-state index in [1.165, 1.54) is 16.7 Å². The molecule has 1 aliphatic rings. The van der Waals surface area contributed by atoms with Crippen molar-refractivity contribution in [2.45, 2.75) is 39.7 Å². The van der Waals surface area contributed by atoms with Crippen molar-refractivity contribution >= 4 is 11.6 Å². The van der Waals surface area contributed by atoms with Crippen molar-refractivity contribution in [1.82, 2.24) is 14.9 Å². The summed E-state index contributed by atoms with van der Waals surface area (Å²) in [5.74, 6) is 1.65. The maximum Gasteiger partial charge on any atom is 0.259 e. The molecule has 1 fully saturated rings. The van der Waals surface area contributed by atoms with Crippen LogP contribution in [-0.4, -0.2) is 41.0 Å². The predicted octanol–water partition coefficient (Wildman–Crippen LogP) is 4.65. The van der Waals surface area contributed by atoms with Crippen LogP contribution in [0, 0.1) is 20.8 Å². The zero-order chi connectivity index (χ0) is 22.7. The molecule has 4 rings (SSSR count). The number of hydrogen-bond acceptors (Lipinski definition) is 5. The van der Waals surface area contributed by atoms with Crippen molar-refractivity contribution in [2.75, 3.05) is 25.5 Å². The first-order valence-electron chi connectivity index (χ1n) is 11.0. The second-order valence-corrected chi connectivity index (χ2v) is 8.55. The number of methoxy groups -OCH3 is 1. The lowest BCUT2D eigenvalue weighted by molar-refractivity contribution is 0.102. The summed E-state index contributed by atoms with van der Waals surface area (Å²) in [6, 6.07) is 13.9. The topological polar surface area (TPSA) is 67.3 Å². The van der Waals surface area contributed by atoms with E-state index in [-0.39, 0.29) is 5.91 Å². The van der Waals surface area contributed by atoms with E-state index < -0.39 is 0 Å². The first kappa shape index (κ1) is 22.0. The average molecular weight is 431 g/mol. The Bertz CT molecular complexity index is 1110. The van der Waals surface area contributed by atoms with Gasteiger partial charge in [0.05, 0.1) is 18.4 Å². The average Bonchev–Trinajstić information content (AvgIpc) is 3.25. The van der Waals surface area contributed by atoms with Crippen LogP contribution in [0.1, 0.15) is 50.9 Å². The lowest BCUT2D eigenvalue weighted by Gasteiger charge is -2.17. The quantitative estimate of drug-likeness (QED) is 0.616. The number of carbonyl (C=O) groups is 1. The molecule has 0 saturated carbocycles. The number of nitrogens with zero attached hydrogens (tertiary/aromatic N) is 3. The second kappa shape index (κ2) is 9.49. The normalized spacial score (nSPS) is 16.2. The molecule has 6 nitrogen and oxygen atoms in total. The molecule has 0 spiro atoms. The molecule has 1 amide bonds. The van der Waals surface area contributed by atoms with Gasteiger partial charge in [0.25, 0.3) is 5.91 Å². The van der Waals surface area contributed by atoms with E-state index in [1.54, 1.807) is 13.3 Å². The van der Waals surface area contributed by atoms with Crippen LogP contribution < -0.4 is 10.1 Å². The number of benzene rings is 2. The standard InChI is InChI=1S/C26H30N4O2/c1-17-5-6-20(13-18(17)2)15-30-12-11-21(16-30)25-27-14-24(19(3)28-25)26(31)29-22-7-9-23(32-4)10-8-22/h5-10,13-14,21H,11-12,15-16H2,1-4H3,(H,29,31). The van der Waals surface area contributed by atoms with E-state index in [4.69, 9.17) is 9.72 Å². The number of ether oxygens (including phenoxy) is 1. The number of amides is 1. The minimum Gasteiger partial charge on any atom is -0.497 e. The van der Waals surface area contributed by atoms with Crippen LogP contribution >= 0.6 is 0 Å². The van der Waals surface area contributed by atoms with E-state index in [9.17, 15) is 4.79 Å². The second-order valence-electron chi connectivity index (χ2n) is 8.55. The van der Waals surface area contributed by atoms with E-state index in [0.717, 1.165) is 37.6 Å². The molecule has 1 aliphatic heterocycles. The van der Waals surface area contributed by atoms with Crippen molar-refractivity contribution < 1.29 is 9.53 Å². The monoisotopic (exact) mass is 430 g/mol. The van der Waals surface area contributed by atoms with Gasteiger partial charge in [-0.15, -0.1) is 0 Å². The van der Waals surface area contributed by atoms with E-state index >= 15 is 0 Å². The molecule has 3 aromatic rings.